The number of nitrogen functional groups attached to an aromatic ring is 1. The lowest BCUT2D eigenvalue weighted by atomic mass is 9.87. The predicted octanol–water partition coefficient (Wildman–Crippen LogP) is 2.95. The Labute approximate surface area is 176 Å². The second-order valence-electron chi connectivity index (χ2n) is 7.46. The Bertz CT molecular complexity index is 1190. The van der Waals surface area contributed by atoms with Crippen LogP contribution in [0.2, 0.25) is 0 Å². The van der Waals surface area contributed by atoms with Crippen LogP contribution >= 0.6 is 0 Å². The molecule has 8 heteroatoms. The smallest absolute Gasteiger partial charge is 0.232 e. The second kappa shape index (κ2) is 7.70. The summed E-state index contributed by atoms with van der Waals surface area (Å²) in [5.74, 6) is 0.437. The van der Waals surface area contributed by atoms with E-state index in [4.69, 9.17) is 10.5 Å². The summed E-state index contributed by atoms with van der Waals surface area (Å²) in [5, 5.41) is 0. The third-order valence-corrected chi connectivity index (χ3v) is 6.78. The molecule has 2 aromatic carbocycles. The summed E-state index contributed by atoms with van der Waals surface area (Å²) in [6.45, 7) is 2.38. The molecule has 0 saturated heterocycles. The summed E-state index contributed by atoms with van der Waals surface area (Å²) in [7, 11) is -1.88. The number of hydrogen-bond donors (Lipinski definition) is 1. The van der Waals surface area contributed by atoms with Crippen LogP contribution in [0.25, 0.3) is 11.3 Å². The van der Waals surface area contributed by atoms with Crippen molar-refractivity contribution >= 4 is 15.7 Å². The first-order valence-corrected chi connectivity index (χ1v) is 11.5. The molecule has 7 nitrogen and oxygen atoms in total. The first-order valence-electron chi connectivity index (χ1n) is 9.60. The molecule has 0 fully saturated rings. The van der Waals surface area contributed by atoms with E-state index in [9.17, 15) is 8.42 Å². The van der Waals surface area contributed by atoms with Crippen LogP contribution in [0, 0.1) is 6.92 Å². The minimum Gasteiger partial charge on any atom is -0.480 e. The molecule has 0 spiro atoms. The van der Waals surface area contributed by atoms with Crippen molar-refractivity contribution in [3.05, 3.63) is 71.0 Å². The van der Waals surface area contributed by atoms with Gasteiger partial charge in [0.2, 0.25) is 15.9 Å². The fraction of sp³-hybridized carbons (Fsp3) is 0.273. The van der Waals surface area contributed by atoms with Crippen molar-refractivity contribution in [3.63, 3.8) is 0 Å². The maximum atomic E-state index is 12.6. The van der Waals surface area contributed by atoms with Gasteiger partial charge in [0.05, 0.1) is 37.5 Å². The number of aromatic nitrogens is 2. The van der Waals surface area contributed by atoms with Gasteiger partial charge in [-0.25, -0.2) is 18.4 Å². The normalized spacial score (nSPS) is 16.8. The zero-order chi connectivity index (χ0) is 21.5. The SMILES string of the molecule is COc1cnc(-c2cc(C3c4cccc(N)c4CCN3S(C)(=O)=O)ccc2C)cn1. The van der Waals surface area contributed by atoms with E-state index in [1.165, 1.54) is 6.26 Å². The number of rotatable bonds is 4. The number of methoxy groups -OCH3 is 1. The standard InChI is InChI=1S/C22H24N4O3S/c1-14-7-8-15(11-18(14)20-12-25-21(29-2)13-24-20)22-17-5-4-6-19(23)16(17)9-10-26(22)30(3,27)28/h4-8,11-13,22H,9-10,23H2,1-3H3. The molecule has 2 heterocycles. The number of sulfonamides is 1. The monoisotopic (exact) mass is 424 g/mol. The Morgan fingerprint density at radius 3 is 2.63 bits per heavy atom. The van der Waals surface area contributed by atoms with Crippen molar-refractivity contribution in [2.75, 3.05) is 25.6 Å². The molecule has 156 valence electrons. The van der Waals surface area contributed by atoms with Crippen LogP contribution in [-0.4, -0.2) is 42.6 Å². The van der Waals surface area contributed by atoms with E-state index in [1.54, 1.807) is 23.8 Å². The molecule has 0 aliphatic carbocycles. The van der Waals surface area contributed by atoms with Gasteiger partial charge in [-0.2, -0.15) is 4.31 Å². The molecule has 1 aliphatic rings. The highest BCUT2D eigenvalue weighted by atomic mass is 32.2. The molecule has 0 saturated carbocycles. The maximum absolute atomic E-state index is 12.6. The zero-order valence-electron chi connectivity index (χ0n) is 17.2. The van der Waals surface area contributed by atoms with Gasteiger partial charge in [0.15, 0.2) is 0 Å². The minimum absolute atomic E-state index is 0.385. The highest BCUT2D eigenvalue weighted by Crippen LogP contribution is 2.40. The molecule has 1 unspecified atom stereocenters. The summed E-state index contributed by atoms with van der Waals surface area (Å²) in [5.41, 5.74) is 12.3. The largest absolute Gasteiger partial charge is 0.480 e. The Hall–Kier alpha value is -2.97. The van der Waals surface area contributed by atoms with Crippen LogP contribution in [0.15, 0.2) is 48.8 Å². The number of nitrogens with two attached hydrogens (primary N) is 1. The molecular formula is C22H24N4O3S. The lowest BCUT2D eigenvalue weighted by molar-refractivity contribution is 0.347. The molecule has 0 amide bonds. The average Bonchev–Trinajstić information content (AvgIpc) is 2.73. The Kier molecular flexibility index (Phi) is 5.21. The van der Waals surface area contributed by atoms with Crippen molar-refractivity contribution in [1.82, 2.24) is 14.3 Å². The lowest BCUT2D eigenvalue weighted by Crippen LogP contribution is -2.40. The van der Waals surface area contributed by atoms with E-state index in [2.05, 4.69) is 9.97 Å². The third-order valence-electron chi connectivity index (χ3n) is 5.53. The molecular weight excluding hydrogens is 400 g/mol. The van der Waals surface area contributed by atoms with E-state index in [0.717, 1.165) is 27.8 Å². The Balaban J connectivity index is 1.88. The van der Waals surface area contributed by atoms with E-state index in [-0.39, 0.29) is 0 Å². The molecule has 1 aromatic heterocycles. The van der Waals surface area contributed by atoms with Crippen molar-refractivity contribution in [1.29, 1.82) is 0 Å². The first-order chi connectivity index (χ1) is 14.3. The van der Waals surface area contributed by atoms with E-state index >= 15 is 0 Å². The van der Waals surface area contributed by atoms with E-state index < -0.39 is 16.1 Å². The van der Waals surface area contributed by atoms with Crippen LogP contribution in [0.3, 0.4) is 0 Å². The van der Waals surface area contributed by atoms with E-state index in [1.807, 2.05) is 43.3 Å². The van der Waals surface area contributed by atoms with Gasteiger partial charge < -0.3 is 10.5 Å². The molecule has 0 radical (unpaired) electrons. The quantitative estimate of drug-likeness (QED) is 0.647. The van der Waals surface area contributed by atoms with Crippen LogP contribution in [0.1, 0.15) is 28.3 Å². The van der Waals surface area contributed by atoms with Gasteiger partial charge in [0.25, 0.3) is 0 Å². The molecule has 3 aromatic rings. The maximum Gasteiger partial charge on any atom is 0.232 e. The Morgan fingerprint density at radius 1 is 1.17 bits per heavy atom. The highest BCUT2D eigenvalue weighted by molar-refractivity contribution is 7.88. The topological polar surface area (TPSA) is 98.4 Å². The fourth-order valence-corrected chi connectivity index (χ4v) is 5.07. The number of hydrogen-bond acceptors (Lipinski definition) is 6. The predicted molar refractivity (Wildman–Crippen MR) is 117 cm³/mol. The number of aryl methyl sites for hydroxylation is 1. The van der Waals surface area contributed by atoms with Gasteiger partial charge in [-0.3, -0.25) is 0 Å². The summed E-state index contributed by atoms with van der Waals surface area (Å²) >= 11 is 0. The van der Waals surface area contributed by atoms with Crippen LogP contribution in [0.4, 0.5) is 5.69 Å². The summed E-state index contributed by atoms with van der Waals surface area (Å²) in [6, 6.07) is 11.2. The van der Waals surface area contributed by atoms with Gasteiger partial charge in [0.1, 0.15) is 0 Å². The molecule has 30 heavy (non-hydrogen) atoms. The van der Waals surface area contributed by atoms with Crippen LogP contribution in [0.5, 0.6) is 5.88 Å². The molecule has 2 N–H and O–H groups in total. The summed E-state index contributed by atoms with van der Waals surface area (Å²) in [6.07, 6.45) is 5.07. The summed E-state index contributed by atoms with van der Waals surface area (Å²) < 4.78 is 31.9. The van der Waals surface area contributed by atoms with Gasteiger partial charge >= 0.3 is 0 Å². The average molecular weight is 425 g/mol. The molecule has 1 aliphatic heterocycles. The second-order valence-corrected chi connectivity index (χ2v) is 9.39. The third kappa shape index (κ3) is 3.64. The van der Waals surface area contributed by atoms with Crippen molar-refractivity contribution in [2.45, 2.75) is 19.4 Å². The zero-order valence-corrected chi connectivity index (χ0v) is 18.0. The number of benzene rings is 2. The number of ether oxygens (including phenoxy) is 1. The Morgan fingerprint density at radius 2 is 1.97 bits per heavy atom. The van der Waals surface area contributed by atoms with Crippen molar-refractivity contribution < 1.29 is 13.2 Å². The lowest BCUT2D eigenvalue weighted by Gasteiger charge is -2.36. The first kappa shape index (κ1) is 20.3. The van der Waals surface area contributed by atoms with Crippen molar-refractivity contribution in [2.24, 2.45) is 0 Å². The van der Waals surface area contributed by atoms with Gasteiger partial charge in [-0.1, -0.05) is 24.3 Å². The van der Waals surface area contributed by atoms with Gasteiger partial charge in [-0.05, 0) is 47.7 Å². The van der Waals surface area contributed by atoms with Crippen LogP contribution < -0.4 is 10.5 Å². The minimum atomic E-state index is -3.43. The molecule has 0 bridgehead atoms. The fourth-order valence-electron chi connectivity index (χ4n) is 4.02. The summed E-state index contributed by atoms with van der Waals surface area (Å²) in [4.78, 5) is 8.70. The van der Waals surface area contributed by atoms with Gasteiger partial charge in [0, 0.05) is 17.8 Å². The molecule has 4 rings (SSSR count). The van der Waals surface area contributed by atoms with Gasteiger partial charge in [-0.15, -0.1) is 0 Å². The number of nitrogens with zero attached hydrogens (tertiary/aromatic N) is 3. The molecule has 1 atom stereocenters. The van der Waals surface area contributed by atoms with Crippen LogP contribution in [-0.2, 0) is 16.4 Å². The van der Waals surface area contributed by atoms with E-state index in [0.29, 0.717) is 30.2 Å². The highest BCUT2D eigenvalue weighted by Gasteiger charge is 2.35. The van der Waals surface area contributed by atoms with Crippen molar-refractivity contribution in [3.8, 4) is 17.1 Å². The number of fused-ring (bicyclic) bond motifs is 1. The number of anilines is 1.